The highest BCUT2D eigenvalue weighted by Crippen LogP contribution is 2.33. The Bertz CT molecular complexity index is 1380. The fourth-order valence-corrected chi connectivity index (χ4v) is 4.07. The van der Waals surface area contributed by atoms with E-state index in [2.05, 4.69) is 58.8 Å². The minimum atomic E-state index is 0.129. The summed E-state index contributed by atoms with van der Waals surface area (Å²) in [6.07, 6.45) is 4.81. The molecule has 3 aromatic heterocycles. The minimum Gasteiger partial charge on any atom is -0.507 e. The summed E-state index contributed by atoms with van der Waals surface area (Å²) in [5.74, 6) is 7.81. The molecule has 0 radical (unpaired) electrons. The van der Waals surface area contributed by atoms with Crippen molar-refractivity contribution in [3.05, 3.63) is 61.1 Å². The molecule has 11 heteroatoms. The zero-order chi connectivity index (χ0) is 24.2. The summed E-state index contributed by atoms with van der Waals surface area (Å²) in [5.41, 5.74) is 8.20. The molecule has 4 heterocycles. The number of aromatic nitrogens is 7. The first kappa shape index (κ1) is 22.1. The molecule has 1 aromatic carbocycles. The number of hydrogen-bond acceptors (Lipinski definition) is 10. The molecule has 5 rings (SSSR count). The molecule has 35 heavy (non-hydrogen) atoms. The Labute approximate surface area is 202 Å². The Balaban J connectivity index is 1.31. The Hall–Kier alpha value is -4.72. The van der Waals surface area contributed by atoms with Crippen molar-refractivity contribution in [2.24, 2.45) is 0 Å². The van der Waals surface area contributed by atoms with Crippen molar-refractivity contribution in [2.45, 2.75) is 19.5 Å². The number of nitrogen functional groups attached to an aromatic ring is 1. The summed E-state index contributed by atoms with van der Waals surface area (Å²) < 4.78 is 1.64. The van der Waals surface area contributed by atoms with E-state index >= 15 is 0 Å². The lowest BCUT2D eigenvalue weighted by Gasteiger charge is -2.41. The van der Waals surface area contributed by atoms with Gasteiger partial charge in [-0.15, -0.1) is 10.2 Å². The lowest BCUT2D eigenvalue weighted by molar-refractivity contribution is 0.477. The number of nitrogens with zero attached hydrogens (tertiary/aromatic N) is 9. The minimum absolute atomic E-state index is 0.129. The highest BCUT2D eigenvalue weighted by molar-refractivity contribution is 5.74. The van der Waals surface area contributed by atoms with Gasteiger partial charge in [0.2, 0.25) is 5.82 Å². The van der Waals surface area contributed by atoms with E-state index in [0.717, 1.165) is 24.6 Å². The van der Waals surface area contributed by atoms with Crippen LogP contribution in [0.25, 0.3) is 11.3 Å². The van der Waals surface area contributed by atoms with E-state index in [-0.39, 0.29) is 11.8 Å². The molecule has 0 bridgehead atoms. The molecule has 3 N–H and O–H groups in total. The summed E-state index contributed by atoms with van der Waals surface area (Å²) >= 11 is 0. The predicted molar refractivity (Wildman–Crippen MR) is 131 cm³/mol. The Morgan fingerprint density at radius 3 is 2.86 bits per heavy atom. The van der Waals surface area contributed by atoms with Gasteiger partial charge >= 0.3 is 0 Å². The number of benzene rings is 1. The van der Waals surface area contributed by atoms with Crippen molar-refractivity contribution in [3.63, 3.8) is 0 Å². The summed E-state index contributed by atoms with van der Waals surface area (Å²) in [5, 5.41) is 22.6. The van der Waals surface area contributed by atoms with Crippen LogP contribution in [-0.2, 0) is 6.54 Å². The third kappa shape index (κ3) is 4.81. The SMILES string of the molecule is CC1CN(c2ccnc(C#CCn3cncn3)n2)CCN1c1cc(-c2ccccc2O)nnc1N. The number of piperazine rings is 1. The molecule has 1 unspecified atom stereocenters. The molecule has 176 valence electrons. The standard InChI is InChI=1S/C24H24N10O/c1-17-14-32(23-8-9-27-22(29-23)7-4-10-33-16-26-15-28-33)11-12-34(17)20-13-19(30-31-24(20)25)18-5-2-3-6-21(18)35/h2-3,5-6,8-9,13,15-17,35H,10-12,14H2,1H3,(H2,25,31). The largest absolute Gasteiger partial charge is 0.507 e. The monoisotopic (exact) mass is 468 g/mol. The zero-order valence-corrected chi connectivity index (χ0v) is 19.2. The molecule has 4 aromatic rings. The number of nitrogens with two attached hydrogens (primary N) is 1. The van der Waals surface area contributed by atoms with Crippen LogP contribution in [-0.4, -0.2) is 65.7 Å². The van der Waals surface area contributed by atoms with Gasteiger partial charge in [-0.05, 0) is 37.1 Å². The van der Waals surface area contributed by atoms with Gasteiger partial charge in [-0.2, -0.15) is 5.10 Å². The first-order valence-electron chi connectivity index (χ1n) is 11.2. The smallest absolute Gasteiger partial charge is 0.206 e. The van der Waals surface area contributed by atoms with Crippen LogP contribution in [0.2, 0.25) is 0 Å². The molecule has 0 spiro atoms. The van der Waals surface area contributed by atoms with Gasteiger partial charge in [0.1, 0.15) is 30.8 Å². The number of anilines is 3. The number of phenolic OH excluding ortho intramolecular Hbond substituents is 1. The number of phenols is 1. The van der Waals surface area contributed by atoms with E-state index in [4.69, 9.17) is 5.73 Å². The quantitative estimate of drug-likeness (QED) is 0.425. The molecule has 1 aliphatic heterocycles. The Morgan fingerprint density at radius 2 is 2.06 bits per heavy atom. The van der Waals surface area contributed by atoms with Gasteiger partial charge in [-0.1, -0.05) is 18.1 Å². The molecule has 1 atom stereocenters. The average molecular weight is 469 g/mol. The second-order valence-corrected chi connectivity index (χ2v) is 8.14. The lowest BCUT2D eigenvalue weighted by atomic mass is 10.1. The van der Waals surface area contributed by atoms with E-state index in [1.807, 2.05) is 24.3 Å². The third-order valence-electron chi connectivity index (χ3n) is 5.79. The van der Waals surface area contributed by atoms with Gasteiger partial charge in [-0.3, -0.25) is 0 Å². The number of aromatic hydroxyl groups is 1. The average Bonchev–Trinajstić information content (AvgIpc) is 3.39. The van der Waals surface area contributed by atoms with Crippen molar-refractivity contribution in [1.82, 2.24) is 34.9 Å². The van der Waals surface area contributed by atoms with Gasteiger partial charge < -0.3 is 20.6 Å². The maximum atomic E-state index is 10.2. The normalized spacial score (nSPS) is 15.5. The van der Waals surface area contributed by atoms with Crippen LogP contribution in [0.3, 0.4) is 0 Å². The highest BCUT2D eigenvalue weighted by atomic mass is 16.3. The van der Waals surface area contributed by atoms with Crippen LogP contribution in [0, 0.1) is 11.8 Å². The molecular weight excluding hydrogens is 444 g/mol. The van der Waals surface area contributed by atoms with Gasteiger partial charge in [0, 0.05) is 37.4 Å². The van der Waals surface area contributed by atoms with Crippen LogP contribution < -0.4 is 15.5 Å². The second kappa shape index (κ2) is 9.64. The summed E-state index contributed by atoms with van der Waals surface area (Å²) in [7, 11) is 0. The van der Waals surface area contributed by atoms with Crippen LogP contribution in [0.4, 0.5) is 17.3 Å². The fraction of sp³-hybridized carbons (Fsp3) is 0.250. The van der Waals surface area contributed by atoms with E-state index < -0.39 is 0 Å². The molecule has 1 aliphatic rings. The second-order valence-electron chi connectivity index (χ2n) is 8.14. The number of para-hydroxylation sites is 1. The molecule has 0 aliphatic carbocycles. The molecule has 0 saturated carbocycles. The molecule has 0 amide bonds. The summed E-state index contributed by atoms with van der Waals surface area (Å²) in [6, 6.07) is 11.0. The molecule has 1 saturated heterocycles. The van der Waals surface area contributed by atoms with Crippen molar-refractivity contribution in [3.8, 4) is 28.8 Å². The van der Waals surface area contributed by atoms with Gasteiger partial charge in [-0.25, -0.2) is 19.6 Å². The highest BCUT2D eigenvalue weighted by Gasteiger charge is 2.27. The van der Waals surface area contributed by atoms with Crippen molar-refractivity contribution < 1.29 is 5.11 Å². The van der Waals surface area contributed by atoms with E-state index in [0.29, 0.717) is 36.0 Å². The Kier molecular flexibility index (Phi) is 6.09. The van der Waals surface area contributed by atoms with Gasteiger partial charge in [0.25, 0.3) is 0 Å². The molecular formula is C24H24N10O. The summed E-state index contributed by atoms with van der Waals surface area (Å²) in [4.78, 5) is 17.2. The van der Waals surface area contributed by atoms with Crippen LogP contribution in [0.1, 0.15) is 12.7 Å². The summed E-state index contributed by atoms with van der Waals surface area (Å²) in [6.45, 7) is 4.74. The van der Waals surface area contributed by atoms with E-state index in [1.165, 1.54) is 6.33 Å². The lowest BCUT2D eigenvalue weighted by Crippen LogP contribution is -2.52. The first-order chi connectivity index (χ1) is 17.1. The zero-order valence-electron chi connectivity index (χ0n) is 19.2. The number of rotatable bonds is 4. The van der Waals surface area contributed by atoms with Gasteiger partial charge in [0.15, 0.2) is 5.82 Å². The first-order valence-corrected chi connectivity index (χ1v) is 11.2. The maximum absolute atomic E-state index is 10.2. The molecule has 1 fully saturated rings. The van der Waals surface area contributed by atoms with E-state index in [1.54, 1.807) is 29.3 Å². The van der Waals surface area contributed by atoms with Crippen molar-refractivity contribution >= 4 is 17.3 Å². The fourth-order valence-electron chi connectivity index (χ4n) is 4.07. The Morgan fingerprint density at radius 1 is 1.17 bits per heavy atom. The van der Waals surface area contributed by atoms with Crippen LogP contribution >= 0.6 is 0 Å². The third-order valence-corrected chi connectivity index (χ3v) is 5.79. The topological polar surface area (TPSA) is 135 Å². The van der Waals surface area contributed by atoms with Crippen molar-refractivity contribution in [2.75, 3.05) is 35.2 Å². The number of hydrogen-bond donors (Lipinski definition) is 2. The van der Waals surface area contributed by atoms with E-state index in [9.17, 15) is 5.11 Å². The van der Waals surface area contributed by atoms with Crippen LogP contribution in [0.5, 0.6) is 5.75 Å². The van der Waals surface area contributed by atoms with Crippen LogP contribution in [0.15, 0.2) is 55.2 Å². The van der Waals surface area contributed by atoms with Crippen molar-refractivity contribution in [1.29, 1.82) is 0 Å². The maximum Gasteiger partial charge on any atom is 0.206 e. The predicted octanol–water partition coefficient (Wildman–Crippen LogP) is 1.58. The molecule has 11 nitrogen and oxygen atoms in total. The van der Waals surface area contributed by atoms with Gasteiger partial charge in [0.05, 0.1) is 11.4 Å².